The maximum atomic E-state index is 12.6. The molecule has 5 nitrogen and oxygen atoms in total. The monoisotopic (exact) mass is 317 g/mol. The van der Waals surface area contributed by atoms with Gasteiger partial charge in [0.2, 0.25) is 5.91 Å². The number of piperidine rings is 1. The normalized spacial score (nSPS) is 22.0. The summed E-state index contributed by atoms with van der Waals surface area (Å²) >= 11 is 0. The van der Waals surface area contributed by atoms with E-state index in [9.17, 15) is 4.79 Å². The number of anilines is 1. The molecule has 0 saturated carbocycles. The average Bonchev–Trinajstić information content (AvgIpc) is 2.63. The van der Waals surface area contributed by atoms with Crippen molar-refractivity contribution in [3.05, 3.63) is 29.8 Å². The number of benzene rings is 1. The minimum absolute atomic E-state index is 0.00991. The van der Waals surface area contributed by atoms with Crippen LogP contribution in [0.25, 0.3) is 0 Å². The number of carbonyl (C=O) groups excluding carboxylic acids is 1. The number of hydrogen-bond donors (Lipinski definition) is 1. The van der Waals surface area contributed by atoms with Crippen molar-refractivity contribution in [2.24, 2.45) is 0 Å². The standard InChI is InChI=1S/C18H27N3O2/c1-20(18(22)16-7-4-5-9-19-16)14-15-6-2-3-8-17(15)21-10-12-23-13-11-21/h2-3,6,8,16,19H,4-5,7,9-14H2,1H3/t16-/m0/s1. The first-order valence-electron chi connectivity index (χ1n) is 8.64. The summed E-state index contributed by atoms with van der Waals surface area (Å²) in [4.78, 5) is 16.8. The predicted octanol–water partition coefficient (Wildman–Crippen LogP) is 1.62. The van der Waals surface area contributed by atoms with E-state index in [1.165, 1.54) is 17.7 Å². The van der Waals surface area contributed by atoms with Gasteiger partial charge in [-0.1, -0.05) is 24.6 Å². The van der Waals surface area contributed by atoms with Crippen molar-refractivity contribution in [2.75, 3.05) is 44.8 Å². The van der Waals surface area contributed by atoms with Crippen LogP contribution in [0.4, 0.5) is 5.69 Å². The third kappa shape index (κ3) is 4.03. The summed E-state index contributed by atoms with van der Waals surface area (Å²) < 4.78 is 5.45. The molecule has 0 spiro atoms. The fourth-order valence-electron chi connectivity index (χ4n) is 3.42. The summed E-state index contributed by atoms with van der Waals surface area (Å²) in [5.74, 6) is 0.210. The van der Waals surface area contributed by atoms with Crippen molar-refractivity contribution >= 4 is 11.6 Å². The quantitative estimate of drug-likeness (QED) is 0.917. The molecule has 1 atom stereocenters. The Morgan fingerprint density at radius 3 is 2.83 bits per heavy atom. The molecule has 5 heteroatoms. The highest BCUT2D eigenvalue weighted by Crippen LogP contribution is 2.23. The van der Waals surface area contributed by atoms with E-state index in [1.807, 2.05) is 11.9 Å². The van der Waals surface area contributed by atoms with Crippen LogP contribution in [0.1, 0.15) is 24.8 Å². The van der Waals surface area contributed by atoms with Crippen molar-refractivity contribution in [2.45, 2.75) is 31.8 Å². The van der Waals surface area contributed by atoms with Gasteiger partial charge >= 0.3 is 0 Å². The zero-order chi connectivity index (χ0) is 16.1. The minimum atomic E-state index is -0.00991. The lowest BCUT2D eigenvalue weighted by molar-refractivity contribution is -0.133. The van der Waals surface area contributed by atoms with E-state index in [-0.39, 0.29) is 11.9 Å². The first kappa shape index (κ1) is 16.3. The lowest BCUT2D eigenvalue weighted by atomic mass is 10.0. The number of carbonyl (C=O) groups is 1. The van der Waals surface area contributed by atoms with E-state index in [4.69, 9.17) is 4.74 Å². The number of hydrogen-bond acceptors (Lipinski definition) is 4. The van der Waals surface area contributed by atoms with Crippen molar-refractivity contribution in [3.8, 4) is 0 Å². The third-order valence-electron chi connectivity index (χ3n) is 4.74. The van der Waals surface area contributed by atoms with Gasteiger partial charge in [0.1, 0.15) is 0 Å². The molecule has 1 aromatic rings. The summed E-state index contributed by atoms with van der Waals surface area (Å²) in [7, 11) is 1.91. The Balaban J connectivity index is 1.67. The molecule has 2 aliphatic heterocycles. The van der Waals surface area contributed by atoms with Crippen molar-refractivity contribution in [1.82, 2.24) is 10.2 Å². The molecule has 2 aliphatic rings. The van der Waals surface area contributed by atoms with Gasteiger partial charge in [0.25, 0.3) is 0 Å². The van der Waals surface area contributed by atoms with Crippen LogP contribution in [0.15, 0.2) is 24.3 Å². The Morgan fingerprint density at radius 2 is 2.09 bits per heavy atom. The number of nitrogens with zero attached hydrogens (tertiary/aromatic N) is 2. The van der Waals surface area contributed by atoms with E-state index >= 15 is 0 Å². The first-order valence-corrected chi connectivity index (χ1v) is 8.64. The Bertz CT molecular complexity index is 523. The number of morpholine rings is 1. The van der Waals surface area contributed by atoms with Gasteiger partial charge in [-0.2, -0.15) is 0 Å². The van der Waals surface area contributed by atoms with Crippen molar-refractivity contribution in [1.29, 1.82) is 0 Å². The van der Waals surface area contributed by atoms with Gasteiger partial charge in [0, 0.05) is 32.4 Å². The van der Waals surface area contributed by atoms with Crippen molar-refractivity contribution in [3.63, 3.8) is 0 Å². The van der Waals surface area contributed by atoms with Gasteiger partial charge in [-0.25, -0.2) is 0 Å². The fourth-order valence-corrected chi connectivity index (χ4v) is 3.42. The van der Waals surface area contributed by atoms with E-state index in [1.54, 1.807) is 0 Å². The van der Waals surface area contributed by atoms with Gasteiger partial charge in [0.05, 0.1) is 19.3 Å². The number of rotatable bonds is 4. The largest absolute Gasteiger partial charge is 0.378 e. The molecular formula is C18H27N3O2. The third-order valence-corrected chi connectivity index (χ3v) is 4.74. The Labute approximate surface area is 138 Å². The molecule has 0 aromatic heterocycles. The van der Waals surface area contributed by atoms with Gasteiger partial charge in [0.15, 0.2) is 0 Å². The molecule has 1 aromatic carbocycles. The predicted molar refractivity (Wildman–Crippen MR) is 91.6 cm³/mol. The highest BCUT2D eigenvalue weighted by Gasteiger charge is 2.24. The molecule has 2 fully saturated rings. The molecule has 3 rings (SSSR count). The van der Waals surface area contributed by atoms with Crippen LogP contribution in [-0.2, 0) is 16.1 Å². The van der Waals surface area contributed by atoms with Gasteiger partial charge < -0.3 is 19.9 Å². The zero-order valence-electron chi connectivity index (χ0n) is 14.0. The Morgan fingerprint density at radius 1 is 1.30 bits per heavy atom. The van der Waals surface area contributed by atoms with Crippen LogP contribution < -0.4 is 10.2 Å². The molecular weight excluding hydrogens is 290 g/mol. The number of nitrogens with one attached hydrogen (secondary N) is 1. The van der Waals surface area contributed by atoms with Crippen LogP contribution in [0.3, 0.4) is 0 Å². The molecule has 23 heavy (non-hydrogen) atoms. The number of para-hydroxylation sites is 1. The van der Waals surface area contributed by atoms with Crippen LogP contribution >= 0.6 is 0 Å². The Kier molecular flexibility index (Phi) is 5.51. The van der Waals surface area contributed by atoms with Gasteiger partial charge in [-0.15, -0.1) is 0 Å². The number of likely N-dealkylation sites (N-methyl/N-ethyl adjacent to an activating group) is 1. The fraction of sp³-hybridized carbons (Fsp3) is 0.611. The second-order valence-electron chi connectivity index (χ2n) is 6.42. The molecule has 0 radical (unpaired) electrons. The van der Waals surface area contributed by atoms with Gasteiger partial charge in [-0.05, 0) is 31.0 Å². The minimum Gasteiger partial charge on any atom is -0.378 e. The summed E-state index contributed by atoms with van der Waals surface area (Å²) in [6, 6.07) is 8.39. The van der Waals surface area contributed by atoms with Gasteiger partial charge in [-0.3, -0.25) is 4.79 Å². The summed E-state index contributed by atoms with van der Waals surface area (Å²) in [5.41, 5.74) is 2.44. The highest BCUT2D eigenvalue weighted by atomic mass is 16.5. The topological polar surface area (TPSA) is 44.8 Å². The molecule has 1 amide bonds. The lowest BCUT2D eigenvalue weighted by Gasteiger charge is -2.32. The molecule has 1 N–H and O–H groups in total. The van der Waals surface area contributed by atoms with E-state index in [0.717, 1.165) is 45.7 Å². The van der Waals surface area contributed by atoms with Crippen molar-refractivity contribution < 1.29 is 9.53 Å². The van der Waals surface area contributed by atoms with E-state index < -0.39 is 0 Å². The SMILES string of the molecule is CN(Cc1ccccc1N1CCOCC1)C(=O)[C@@H]1CCCCN1. The van der Waals surface area contributed by atoms with Crippen LogP contribution in [0.5, 0.6) is 0 Å². The molecule has 2 saturated heterocycles. The number of ether oxygens (including phenoxy) is 1. The Hall–Kier alpha value is -1.59. The second kappa shape index (κ2) is 7.79. The first-order chi connectivity index (χ1) is 11.3. The van der Waals surface area contributed by atoms with Crippen LogP contribution in [0.2, 0.25) is 0 Å². The maximum Gasteiger partial charge on any atom is 0.239 e. The molecule has 2 heterocycles. The highest BCUT2D eigenvalue weighted by molar-refractivity contribution is 5.82. The maximum absolute atomic E-state index is 12.6. The van der Waals surface area contributed by atoms with Crippen LogP contribution in [0, 0.1) is 0 Å². The molecule has 0 aliphatic carbocycles. The van der Waals surface area contributed by atoms with E-state index in [2.05, 4.69) is 34.5 Å². The average molecular weight is 317 g/mol. The number of amides is 1. The molecule has 126 valence electrons. The smallest absolute Gasteiger partial charge is 0.239 e. The van der Waals surface area contributed by atoms with Crippen LogP contribution in [-0.4, -0.2) is 56.7 Å². The summed E-state index contributed by atoms with van der Waals surface area (Å²) in [6.07, 6.45) is 3.27. The second-order valence-corrected chi connectivity index (χ2v) is 6.42. The summed E-state index contributed by atoms with van der Waals surface area (Å²) in [6.45, 7) is 4.99. The molecule has 0 bridgehead atoms. The summed E-state index contributed by atoms with van der Waals surface area (Å²) in [5, 5.41) is 3.35. The zero-order valence-corrected chi connectivity index (χ0v) is 14.0. The molecule has 0 unspecified atom stereocenters. The van der Waals surface area contributed by atoms with E-state index in [0.29, 0.717) is 6.54 Å². The lowest BCUT2D eigenvalue weighted by Crippen LogP contribution is -2.47.